The normalized spacial score (nSPS) is 14.7. The maximum Gasteiger partial charge on any atom is 0.255 e. The van der Waals surface area contributed by atoms with Gasteiger partial charge in [0.1, 0.15) is 0 Å². The zero-order valence-electron chi connectivity index (χ0n) is 12.9. The van der Waals surface area contributed by atoms with Crippen LogP contribution in [0.5, 0.6) is 5.88 Å². The fourth-order valence-corrected chi connectivity index (χ4v) is 2.84. The third kappa shape index (κ3) is 3.56. The number of carbonyl (C=O) groups excluding carboxylic acids is 1. The largest absolute Gasteiger partial charge is 0.481 e. The number of hydrogen-bond acceptors (Lipinski definition) is 4. The summed E-state index contributed by atoms with van der Waals surface area (Å²) in [6, 6.07) is 11.2. The van der Waals surface area contributed by atoms with E-state index in [1.165, 1.54) is 0 Å². The van der Waals surface area contributed by atoms with Crippen molar-refractivity contribution in [2.45, 2.75) is 0 Å². The van der Waals surface area contributed by atoms with E-state index in [1.54, 1.807) is 25.4 Å². The van der Waals surface area contributed by atoms with Crippen molar-refractivity contribution in [1.29, 1.82) is 0 Å². The van der Waals surface area contributed by atoms with E-state index in [9.17, 15) is 4.79 Å². The highest BCUT2D eigenvalue weighted by Gasteiger charge is 2.22. The molecule has 120 valence electrons. The second-order valence-electron chi connectivity index (χ2n) is 5.35. The minimum atomic E-state index is 0.00546. The molecule has 0 bridgehead atoms. The van der Waals surface area contributed by atoms with Crippen LogP contribution in [-0.2, 0) is 0 Å². The molecular weight excluding hydrogens is 314 g/mol. The molecule has 23 heavy (non-hydrogen) atoms. The van der Waals surface area contributed by atoms with Gasteiger partial charge in [-0.3, -0.25) is 4.79 Å². The first kappa shape index (κ1) is 15.6. The van der Waals surface area contributed by atoms with Gasteiger partial charge in [-0.05, 0) is 24.3 Å². The van der Waals surface area contributed by atoms with E-state index in [0.29, 0.717) is 24.5 Å². The first-order chi connectivity index (χ1) is 11.2. The van der Waals surface area contributed by atoms with E-state index in [-0.39, 0.29) is 5.91 Å². The van der Waals surface area contributed by atoms with Gasteiger partial charge in [0.15, 0.2) is 0 Å². The highest BCUT2D eigenvalue weighted by molar-refractivity contribution is 6.30. The van der Waals surface area contributed by atoms with E-state index in [0.717, 1.165) is 23.8 Å². The lowest BCUT2D eigenvalue weighted by molar-refractivity contribution is 0.0746. The first-order valence-corrected chi connectivity index (χ1v) is 7.85. The molecule has 5 nitrogen and oxygen atoms in total. The zero-order chi connectivity index (χ0) is 16.2. The van der Waals surface area contributed by atoms with Gasteiger partial charge in [0.25, 0.3) is 5.91 Å². The monoisotopic (exact) mass is 331 g/mol. The van der Waals surface area contributed by atoms with Crippen molar-refractivity contribution in [3.05, 3.63) is 53.2 Å². The molecule has 6 heteroatoms. The second-order valence-corrected chi connectivity index (χ2v) is 5.78. The predicted octanol–water partition coefficient (Wildman–Crippen LogP) is 2.71. The summed E-state index contributed by atoms with van der Waals surface area (Å²) in [5.74, 6) is 0.512. The Morgan fingerprint density at radius 3 is 2.57 bits per heavy atom. The molecule has 0 spiro atoms. The van der Waals surface area contributed by atoms with Crippen LogP contribution in [0.15, 0.2) is 42.6 Å². The van der Waals surface area contributed by atoms with Crippen molar-refractivity contribution < 1.29 is 9.53 Å². The van der Waals surface area contributed by atoms with Gasteiger partial charge in [0.2, 0.25) is 5.88 Å². The molecule has 0 aliphatic carbocycles. The van der Waals surface area contributed by atoms with Crippen molar-refractivity contribution >= 4 is 23.2 Å². The SMILES string of the molecule is COc1ccc(C(=O)N2CCN(c3cccc(Cl)c3)CC2)cn1. The van der Waals surface area contributed by atoms with Gasteiger partial charge < -0.3 is 14.5 Å². The Morgan fingerprint density at radius 2 is 1.96 bits per heavy atom. The van der Waals surface area contributed by atoms with Crippen LogP contribution in [0.3, 0.4) is 0 Å². The minimum Gasteiger partial charge on any atom is -0.481 e. The molecule has 1 aliphatic rings. The second kappa shape index (κ2) is 6.87. The minimum absolute atomic E-state index is 0.00546. The van der Waals surface area contributed by atoms with Crippen molar-refractivity contribution in [3.63, 3.8) is 0 Å². The Morgan fingerprint density at radius 1 is 1.17 bits per heavy atom. The average Bonchev–Trinajstić information content (AvgIpc) is 2.61. The standard InChI is InChI=1S/C17H18ClN3O2/c1-23-16-6-5-13(12-19-16)17(22)21-9-7-20(8-10-21)15-4-2-3-14(18)11-15/h2-6,11-12H,7-10H2,1H3. The molecule has 0 saturated carbocycles. The molecule has 1 amide bonds. The quantitative estimate of drug-likeness (QED) is 0.867. The molecule has 1 aromatic heterocycles. The van der Waals surface area contributed by atoms with E-state index in [2.05, 4.69) is 9.88 Å². The Balaban J connectivity index is 1.62. The molecule has 2 aromatic rings. The number of nitrogens with zero attached hydrogens (tertiary/aromatic N) is 3. The van der Waals surface area contributed by atoms with Gasteiger partial charge in [-0.1, -0.05) is 17.7 Å². The van der Waals surface area contributed by atoms with Gasteiger partial charge >= 0.3 is 0 Å². The molecule has 1 aromatic carbocycles. The Hall–Kier alpha value is -2.27. The lowest BCUT2D eigenvalue weighted by atomic mass is 10.2. The van der Waals surface area contributed by atoms with Gasteiger partial charge in [0, 0.05) is 49.2 Å². The number of halogens is 1. The topological polar surface area (TPSA) is 45.7 Å². The number of rotatable bonds is 3. The maximum atomic E-state index is 12.5. The van der Waals surface area contributed by atoms with E-state index < -0.39 is 0 Å². The lowest BCUT2D eigenvalue weighted by Gasteiger charge is -2.36. The predicted molar refractivity (Wildman–Crippen MR) is 90.4 cm³/mol. The number of pyridine rings is 1. The van der Waals surface area contributed by atoms with E-state index >= 15 is 0 Å². The molecule has 0 atom stereocenters. The maximum absolute atomic E-state index is 12.5. The zero-order valence-corrected chi connectivity index (χ0v) is 13.7. The fraction of sp³-hybridized carbons (Fsp3) is 0.294. The van der Waals surface area contributed by atoms with Crippen LogP contribution in [0.1, 0.15) is 10.4 Å². The molecule has 1 fully saturated rings. The van der Waals surface area contributed by atoms with Crippen LogP contribution in [0.2, 0.25) is 5.02 Å². The summed E-state index contributed by atoms with van der Waals surface area (Å²) in [6.07, 6.45) is 1.56. The lowest BCUT2D eigenvalue weighted by Crippen LogP contribution is -2.48. The van der Waals surface area contributed by atoms with Gasteiger partial charge in [-0.15, -0.1) is 0 Å². The molecule has 0 radical (unpaired) electrons. The number of ether oxygens (including phenoxy) is 1. The smallest absolute Gasteiger partial charge is 0.255 e. The molecule has 0 N–H and O–H groups in total. The Kier molecular flexibility index (Phi) is 4.67. The summed E-state index contributed by atoms with van der Waals surface area (Å²) in [5.41, 5.74) is 1.68. The van der Waals surface area contributed by atoms with Crippen molar-refractivity contribution in [1.82, 2.24) is 9.88 Å². The molecule has 1 aliphatic heterocycles. The molecule has 0 unspecified atom stereocenters. The third-order valence-corrected chi connectivity index (χ3v) is 4.17. The molecule has 1 saturated heterocycles. The fourth-order valence-electron chi connectivity index (χ4n) is 2.65. The van der Waals surface area contributed by atoms with Crippen LogP contribution in [-0.4, -0.2) is 49.1 Å². The summed E-state index contributed by atoms with van der Waals surface area (Å²) in [5, 5.41) is 0.727. The van der Waals surface area contributed by atoms with Gasteiger partial charge in [-0.25, -0.2) is 4.98 Å². The van der Waals surface area contributed by atoms with E-state index in [4.69, 9.17) is 16.3 Å². The van der Waals surface area contributed by atoms with Crippen LogP contribution in [0.4, 0.5) is 5.69 Å². The molecule has 3 rings (SSSR count). The first-order valence-electron chi connectivity index (χ1n) is 7.47. The number of benzene rings is 1. The van der Waals surface area contributed by atoms with Crippen molar-refractivity contribution in [3.8, 4) is 5.88 Å². The summed E-state index contributed by atoms with van der Waals surface area (Å²) in [6.45, 7) is 2.93. The van der Waals surface area contributed by atoms with Crippen LogP contribution < -0.4 is 9.64 Å². The van der Waals surface area contributed by atoms with Crippen LogP contribution in [0.25, 0.3) is 0 Å². The number of amides is 1. The van der Waals surface area contributed by atoms with Gasteiger partial charge in [-0.2, -0.15) is 0 Å². The Labute approximate surface area is 140 Å². The number of methoxy groups -OCH3 is 1. The number of carbonyl (C=O) groups is 1. The van der Waals surface area contributed by atoms with E-state index in [1.807, 2.05) is 29.2 Å². The average molecular weight is 332 g/mol. The summed E-state index contributed by atoms with van der Waals surface area (Å²) >= 11 is 6.04. The summed E-state index contributed by atoms with van der Waals surface area (Å²) in [7, 11) is 1.55. The third-order valence-electron chi connectivity index (χ3n) is 3.93. The number of hydrogen-bond donors (Lipinski definition) is 0. The van der Waals surface area contributed by atoms with Crippen LogP contribution >= 0.6 is 11.6 Å². The number of anilines is 1. The molecule has 2 heterocycles. The van der Waals surface area contributed by atoms with Crippen LogP contribution in [0, 0.1) is 0 Å². The molecular formula is C17H18ClN3O2. The van der Waals surface area contributed by atoms with Gasteiger partial charge in [0.05, 0.1) is 12.7 Å². The summed E-state index contributed by atoms with van der Waals surface area (Å²) in [4.78, 5) is 20.7. The highest BCUT2D eigenvalue weighted by atomic mass is 35.5. The van der Waals surface area contributed by atoms with Crippen molar-refractivity contribution in [2.75, 3.05) is 38.2 Å². The Bertz CT molecular complexity index is 682. The summed E-state index contributed by atoms with van der Waals surface area (Å²) < 4.78 is 5.01. The van der Waals surface area contributed by atoms with Crippen molar-refractivity contribution in [2.24, 2.45) is 0 Å². The highest BCUT2D eigenvalue weighted by Crippen LogP contribution is 2.21. The number of aromatic nitrogens is 1. The number of piperazine rings is 1.